The second kappa shape index (κ2) is 6.06. The number of hydrogen-bond acceptors (Lipinski definition) is 4. The van der Waals surface area contributed by atoms with E-state index in [2.05, 4.69) is 30.9 Å². The number of carbonyl (C=O) groups is 2. The average Bonchev–Trinajstić information content (AvgIpc) is 3.08. The van der Waals surface area contributed by atoms with Crippen LogP contribution in [-0.2, 0) is 0 Å². The summed E-state index contributed by atoms with van der Waals surface area (Å²) in [4.78, 5) is 36.8. The fourth-order valence-electron chi connectivity index (χ4n) is 2.64. The van der Waals surface area contributed by atoms with Crippen molar-refractivity contribution in [1.82, 2.24) is 15.0 Å². The van der Waals surface area contributed by atoms with Crippen molar-refractivity contribution in [3.63, 3.8) is 0 Å². The smallest absolute Gasteiger partial charge is 0.223 e. The van der Waals surface area contributed by atoms with Crippen molar-refractivity contribution < 1.29 is 9.59 Å². The van der Waals surface area contributed by atoms with E-state index >= 15 is 0 Å². The van der Waals surface area contributed by atoms with Crippen molar-refractivity contribution in [3.8, 4) is 11.5 Å². The number of allylic oxidation sites excluding steroid dienone is 2. The Labute approximate surface area is 155 Å². The minimum Gasteiger partial charge on any atom is -0.333 e. The van der Waals surface area contributed by atoms with Crippen LogP contribution < -0.4 is 0 Å². The molecule has 0 unspecified atom stereocenters. The van der Waals surface area contributed by atoms with Crippen molar-refractivity contribution in [1.29, 1.82) is 0 Å². The van der Waals surface area contributed by atoms with Crippen molar-refractivity contribution in [2.45, 2.75) is 0 Å². The standard InChI is InChI=1S/C18H9BrClN3O2/c19-10-6-4-9(5-7-10)12-13(20)17(25)15-14(16(12)24)22-18(23-15)11-3-1-2-8-21-11/h1-8H,(H,22,23). The molecule has 0 atom stereocenters. The van der Waals surface area contributed by atoms with E-state index in [1.165, 1.54) is 0 Å². The number of H-pyrrole nitrogens is 1. The number of nitrogens with one attached hydrogen (secondary N) is 1. The first-order valence-electron chi connectivity index (χ1n) is 7.33. The highest BCUT2D eigenvalue weighted by atomic mass is 79.9. The zero-order valence-corrected chi connectivity index (χ0v) is 14.9. The number of halogens is 2. The van der Waals surface area contributed by atoms with Gasteiger partial charge in [0, 0.05) is 10.7 Å². The van der Waals surface area contributed by atoms with Crippen molar-refractivity contribution in [2.24, 2.45) is 0 Å². The number of ketones is 2. The van der Waals surface area contributed by atoms with Crippen LogP contribution in [0.5, 0.6) is 0 Å². The fourth-order valence-corrected chi connectivity index (χ4v) is 3.20. The molecule has 0 bridgehead atoms. The minimum absolute atomic E-state index is 0.0629. The summed E-state index contributed by atoms with van der Waals surface area (Å²) in [5, 5.41) is -0.115. The number of aromatic nitrogens is 3. The number of nitrogens with zero attached hydrogens (tertiary/aromatic N) is 2. The van der Waals surface area contributed by atoms with Gasteiger partial charge in [0.1, 0.15) is 22.1 Å². The molecule has 2 aromatic heterocycles. The fraction of sp³-hybridized carbons (Fsp3) is 0. The molecule has 5 nitrogen and oxygen atoms in total. The Balaban J connectivity index is 1.84. The number of imidazole rings is 1. The lowest BCUT2D eigenvalue weighted by molar-refractivity contribution is 0.0993. The van der Waals surface area contributed by atoms with Gasteiger partial charge < -0.3 is 4.98 Å². The zero-order chi connectivity index (χ0) is 17.6. The van der Waals surface area contributed by atoms with Crippen molar-refractivity contribution in [2.75, 3.05) is 0 Å². The normalized spacial score (nSPS) is 14.0. The predicted molar refractivity (Wildman–Crippen MR) is 97.4 cm³/mol. The highest BCUT2D eigenvalue weighted by molar-refractivity contribution is 9.10. The van der Waals surface area contributed by atoms with Crippen molar-refractivity contribution in [3.05, 3.63) is 75.1 Å². The molecule has 7 heteroatoms. The lowest BCUT2D eigenvalue weighted by Gasteiger charge is -2.14. The van der Waals surface area contributed by atoms with Gasteiger partial charge in [-0.25, -0.2) is 4.98 Å². The number of benzene rings is 1. The number of pyridine rings is 1. The largest absolute Gasteiger partial charge is 0.333 e. The van der Waals surface area contributed by atoms with E-state index in [-0.39, 0.29) is 27.8 Å². The molecule has 3 aromatic rings. The summed E-state index contributed by atoms with van der Waals surface area (Å²) in [6.07, 6.45) is 1.61. The molecule has 1 N–H and O–H groups in total. The van der Waals surface area contributed by atoms with Gasteiger partial charge in [-0.1, -0.05) is 45.7 Å². The van der Waals surface area contributed by atoms with E-state index in [1.807, 2.05) is 0 Å². The molecule has 0 amide bonds. The van der Waals surface area contributed by atoms with Crippen LogP contribution in [0.2, 0.25) is 0 Å². The molecule has 1 aromatic carbocycles. The van der Waals surface area contributed by atoms with E-state index in [4.69, 9.17) is 11.6 Å². The Morgan fingerprint density at radius 3 is 2.44 bits per heavy atom. The predicted octanol–water partition coefficient (Wildman–Crippen LogP) is 4.26. The maximum atomic E-state index is 12.9. The maximum absolute atomic E-state index is 12.9. The summed E-state index contributed by atoms with van der Waals surface area (Å²) in [5.41, 5.74) is 1.42. The molecule has 1 aliphatic carbocycles. The van der Waals surface area contributed by atoms with Crippen LogP contribution in [0.1, 0.15) is 26.5 Å². The van der Waals surface area contributed by atoms with E-state index in [1.54, 1.807) is 48.7 Å². The van der Waals surface area contributed by atoms with E-state index in [9.17, 15) is 9.59 Å². The van der Waals surface area contributed by atoms with Gasteiger partial charge in [-0.2, -0.15) is 0 Å². The maximum Gasteiger partial charge on any atom is 0.223 e. The molecule has 0 saturated carbocycles. The lowest BCUT2D eigenvalue weighted by atomic mass is 9.92. The second-order valence-corrected chi connectivity index (χ2v) is 6.67. The van der Waals surface area contributed by atoms with E-state index in [0.29, 0.717) is 17.1 Å². The zero-order valence-electron chi connectivity index (χ0n) is 12.6. The summed E-state index contributed by atoms with van der Waals surface area (Å²) in [6.45, 7) is 0. The van der Waals surface area contributed by atoms with Crippen LogP contribution in [0.3, 0.4) is 0 Å². The SMILES string of the molecule is O=C1C(c2ccc(Br)cc2)=C(Cl)C(=O)c2[nH]c(-c3ccccn3)nc21. The number of aromatic amines is 1. The molecule has 0 radical (unpaired) electrons. The Hall–Kier alpha value is -2.57. The lowest BCUT2D eigenvalue weighted by Crippen LogP contribution is -2.19. The summed E-state index contributed by atoms with van der Waals surface area (Å²) < 4.78 is 0.862. The Bertz CT molecular complexity index is 1040. The van der Waals surface area contributed by atoms with Gasteiger partial charge in [0.2, 0.25) is 11.6 Å². The third kappa shape index (κ3) is 2.63. The van der Waals surface area contributed by atoms with Gasteiger partial charge in [0.25, 0.3) is 0 Å². The number of carbonyl (C=O) groups excluding carboxylic acids is 2. The molecule has 0 fully saturated rings. The topological polar surface area (TPSA) is 75.7 Å². The van der Waals surface area contributed by atoms with Gasteiger partial charge in [-0.3, -0.25) is 14.6 Å². The van der Waals surface area contributed by atoms with Gasteiger partial charge in [0.05, 0.1) is 5.57 Å². The van der Waals surface area contributed by atoms with E-state index in [0.717, 1.165) is 4.47 Å². The summed E-state index contributed by atoms with van der Waals surface area (Å²) in [5.74, 6) is -0.488. The van der Waals surface area contributed by atoms with Crippen LogP contribution in [0.25, 0.3) is 17.1 Å². The molecule has 2 heterocycles. The molecule has 25 heavy (non-hydrogen) atoms. The molecule has 122 valence electrons. The first-order chi connectivity index (χ1) is 12.1. The molecule has 4 rings (SSSR count). The molecule has 0 saturated heterocycles. The number of rotatable bonds is 2. The third-order valence-corrected chi connectivity index (χ3v) is 4.72. The van der Waals surface area contributed by atoms with Crippen LogP contribution in [0.4, 0.5) is 0 Å². The Morgan fingerprint density at radius 1 is 1.00 bits per heavy atom. The van der Waals surface area contributed by atoms with Crippen LogP contribution in [0, 0.1) is 0 Å². The number of fused-ring (bicyclic) bond motifs is 1. The average molecular weight is 415 g/mol. The third-order valence-electron chi connectivity index (χ3n) is 3.83. The van der Waals surface area contributed by atoms with Crippen LogP contribution in [-0.4, -0.2) is 26.5 Å². The summed E-state index contributed by atoms with van der Waals surface area (Å²) in [6, 6.07) is 12.3. The molecule has 1 aliphatic rings. The number of Topliss-reactive ketones (excluding diaryl/α,β-unsaturated/α-hetero) is 2. The van der Waals surface area contributed by atoms with Gasteiger partial charge >= 0.3 is 0 Å². The van der Waals surface area contributed by atoms with Gasteiger partial charge in [-0.15, -0.1) is 0 Å². The quantitative estimate of drug-likeness (QED) is 0.680. The van der Waals surface area contributed by atoms with Crippen LogP contribution >= 0.6 is 27.5 Å². The monoisotopic (exact) mass is 413 g/mol. The van der Waals surface area contributed by atoms with Gasteiger partial charge in [0.15, 0.2) is 5.82 Å². The molecular weight excluding hydrogens is 406 g/mol. The highest BCUT2D eigenvalue weighted by Crippen LogP contribution is 2.34. The second-order valence-electron chi connectivity index (χ2n) is 5.38. The summed E-state index contributed by atoms with van der Waals surface area (Å²) in [7, 11) is 0. The molecule has 0 spiro atoms. The number of hydrogen-bond donors (Lipinski definition) is 1. The van der Waals surface area contributed by atoms with E-state index < -0.39 is 5.78 Å². The van der Waals surface area contributed by atoms with Crippen molar-refractivity contribution >= 4 is 44.7 Å². The molecular formula is C18H9BrClN3O2. The summed E-state index contributed by atoms with van der Waals surface area (Å²) >= 11 is 9.56. The van der Waals surface area contributed by atoms with Gasteiger partial charge in [-0.05, 0) is 29.8 Å². The highest BCUT2D eigenvalue weighted by Gasteiger charge is 2.35. The first kappa shape index (κ1) is 15.9. The first-order valence-corrected chi connectivity index (χ1v) is 8.50. The minimum atomic E-state index is -0.455. The Kier molecular flexibility index (Phi) is 3.86. The Morgan fingerprint density at radius 2 is 1.76 bits per heavy atom. The molecule has 0 aliphatic heterocycles. The van der Waals surface area contributed by atoms with Crippen LogP contribution in [0.15, 0.2) is 58.2 Å².